The molecule has 0 aliphatic rings. The van der Waals surface area contributed by atoms with Crippen LogP contribution in [-0.2, 0) is 0 Å². The van der Waals surface area contributed by atoms with E-state index >= 15 is 0 Å². The summed E-state index contributed by atoms with van der Waals surface area (Å²) in [7, 11) is 0. The number of rotatable bonds is 9. The van der Waals surface area contributed by atoms with Crippen LogP contribution in [0.2, 0.25) is 0 Å². The number of nitro benzene ring substituents is 1. The molecule has 1 amide bonds. The van der Waals surface area contributed by atoms with E-state index in [9.17, 15) is 14.9 Å². The second-order valence-electron chi connectivity index (χ2n) is 4.44. The Kier molecular flexibility index (Phi) is 7.55. The van der Waals surface area contributed by atoms with Gasteiger partial charge < -0.3 is 10.7 Å². The Bertz CT molecular complexity index is 496. The summed E-state index contributed by atoms with van der Waals surface area (Å²) in [6, 6.07) is 3.94. The van der Waals surface area contributed by atoms with E-state index in [1.807, 2.05) is 0 Å². The highest BCUT2D eigenvalue weighted by atomic mass is 32.2. The van der Waals surface area contributed by atoms with Gasteiger partial charge in [0, 0.05) is 18.7 Å². The van der Waals surface area contributed by atoms with E-state index in [0.717, 1.165) is 25.0 Å². The smallest absolute Gasteiger partial charge is 0.270 e. The highest BCUT2D eigenvalue weighted by molar-refractivity contribution is 7.98. The number of anilines is 1. The number of nitrogens with one attached hydrogen (secondary N) is 2. The molecule has 21 heavy (non-hydrogen) atoms. The number of carbonyl (C=O) groups is 1. The Hall–Kier alpha value is -1.80. The van der Waals surface area contributed by atoms with Crippen molar-refractivity contribution in [3.8, 4) is 0 Å². The van der Waals surface area contributed by atoms with Gasteiger partial charge in [0.1, 0.15) is 0 Å². The second kappa shape index (κ2) is 9.19. The molecule has 0 aliphatic carbocycles. The fourth-order valence-electron chi connectivity index (χ4n) is 1.80. The molecule has 0 saturated carbocycles. The van der Waals surface area contributed by atoms with Crippen LogP contribution < -0.4 is 16.6 Å². The van der Waals surface area contributed by atoms with Crippen molar-refractivity contribution in [3.63, 3.8) is 0 Å². The average Bonchev–Trinajstić information content (AvgIpc) is 2.49. The Labute approximate surface area is 127 Å². The molecule has 1 aromatic carbocycles. The molecule has 0 spiro atoms. The third kappa shape index (κ3) is 5.60. The van der Waals surface area contributed by atoms with Crippen molar-refractivity contribution >= 4 is 29.0 Å². The van der Waals surface area contributed by atoms with E-state index in [1.165, 1.54) is 18.2 Å². The molecule has 0 unspecified atom stereocenters. The van der Waals surface area contributed by atoms with Crippen LogP contribution in [-0.4, -0.2) is 29.4 Å². The van der Waals surface area contributed by atoms with Gasteiger partial charge in [-0.15, -0.1) is 0 Å². The van der Waals surface area contributed by atoms with Gasteiger partial charge in [-0.25, -0.2) is 0 Å². The number of hydrazine groups is 1. The number of carbonyl (C=O) groups excluding carboxylic acids is 1. The lowest BCUT2D eigenvalue weighted by Gasteiger charge is -2.09. The maximum absolute atomic E-state index is 12.1. The molecule has 0 heterocycles. The van der Waals surface area contributed by atoms with E-state index in [4.69, 9.17) is 5.84 Å². The van der Waals surface area contributed by atoms with Crippen molar-refractivity contribution < 1.29 is 9.72 Å². The maximum atomic E-state index is 12.1. The lowest BCUT2D eigenvalue weighted by molar-refractivity contribution is -0.384. The van der Waals surface area contributed by atoms with Crippen molar-refractivity contribution in [1.82, 2.24) is 5.32 Å². The van der Waals surface area contributed by atoms with Crippen molar-refractivity contribution in [2.24, 2.45) is 5.84 Å². The van der Waals surface area contributed by atoms with Crippen molar-refractivity contribution in [2.45, 2.75) is 19.3 Å². The lowest BCUT2D eigenvalue weighted by Crippen LogP contribution is -2.26. The molecule has 0 radical (unpaired) electrons. The zero-order valence-electron chi connectivity index (χ0n) is 11.9. The van der Waals surface area contributed by atoms with Crippen LogP contribution in [0.25, 0.3) is 0 Å². The predicted molar refractivity (Wildman–Crippen MR) is 85.5 cm³/mol. The van der Waals surface area contributed by atoms with Gasteiger partial charge in [-0.2, -0.15) is 11.8 Å². The van der Waals surface area contributed by atoms with Gasteiger partial charge in [0.15, 0.2) is 0 Å². The number of thioether (sulfide) groups is 1. The third-order valence-corrected chi connectivity index (χ3v) is 3.62. The number of nitrogen functional groups attached to an aromatic ring is 1. The number of nitro groups is 1. The molecule has 0 bridgehead atoms. The molecular formula is C13H20N4O3S. The second-order valence-corrected chi connectivity index (χ2v) is 5.43. The average molecular weight is 312 g/mol. The first-order chi connectivity index (χ1) is 10.1. The molecule has 116 valence electrons. The van der Waals surface area contributed by atoms with Crippen LogP contribution >= 0.6 is 11.8 Å². The van der Waals surface area contributed by atoms with Crippen LogP contribution in [0.1, 0.15) is 29.6 Å². The molecule has 7 nitrogen and oxygen atoms in total. The molecule has 0 aromatic heterocycles. The molecule has 0 saturated heterocycles. The molecule has 8 heteroatoms. The van der Waals surface area contributed by atoms with Gasteiger partial charge in [-0.1, -0.05) is 6.42 Å². The molecule has 1 aromatic rings. The fourth-order valence-corrected chi connectivity index (χ4v) is 2.30. The van der Waals surface area contributed by atoms with Crippen LogP contribution in [0.3, 0.4) is 0 Å². The van der Waals surface area contributed by atoms with Gasteiger partial charge in [0.25, 0.3) is 11.6 Å². The van der Waals surface area contributed by atoms with E-state index < -0.39 is 4.92 Å². The standard InChI is InChI=1S/C13H20N4O3S/c1-21-8-4-2-3-7-15-13(18)11-9-10(17(19)20)5-6-12(11)16-14/h5-6,9,16H,2-4,7-8,14H2,1H3,(H,15,18). The summed E-state index contributed by atoms with van der Waals surface area (Å²) < 4.78 is 0. The van der Waals surface area contributed by atoms with E-state index in [1.54, 1.807) is 11.8 Å². The summed E-state index contributed by atoms with van der Waals surface area (Å²) in [4.78, 5) is 22.3. The van der Waals surface area contributed by atoms with Crippen LogP contribution in [0.15, 0.2) is 18.2 Å². The predicted octanol–water partition coefficient (Wildman–Crippen LogP) is 2.14. The van der Waals surface area contributed by atoms with Crippen LogP contribution in [0, 0.1) is 10.1 Å². The van der Waals surface area contributed by atoms with Gasteiger partial charge in [-0.05, 0) is 30.9 Å². The summed E-state index contributed by atoms with van der Waals surface area (Å²) in [6.07, 6.45) is 5.10. The Morgan fingerprint density at radius 2 is 2.14 bits per heavy atom. The lowest BCUT2D eigenvalue weighted by atomic mass is 10.1. The highest BCUT2D eigenvalue weighted by Crippen LogP contribution is 2.21. The van der Waals surface area contributed by atoms with Crippen LogP contribution in [0.4, 0.5) is 11.4 Å². The summed E-state index contributed by atoms with van der Waals surface area (Å²) in [5.41, 5.74) is 2.77. The Balaban J connectivity index is 2.59. The molecular weight excluding hydrogens is 292 g/mol. The molecule has 0 aliphatic heterocycles. The Morgan fingerprint density at radius 1 is 1.38 bits per heavy atom. The summed E-state index contributed by atoms with van der Waals surface area (Å²) >= 11 is 1.80. The fraction of sp³-hybridized carbons (Fsp3) is 0.462. The zero-order chi connectivity index (χ0) is 15.7. The third-order valence-electron chi connectivity index (χ3n) is 2.92. The number of non-ortho nitro benzene ring substituents is 1. The summed E-state index contributed by atoms with van der Waals surface area (Å²) in [5, 5.41) is 13.5. The number of nitrogens with two attached hydrogens (primary N) is 1. The number of hydrogen-bond acceptors (Lipinski definition) is 6. The van der Waals surface area contributed by atoms with Gasteiger partial charge in [-0.3, -0.25) is 20.8 Å². The maximum Gasteiger partial charge on any atom is 0.270 e. The van der Waals surface area contributed by atoms with Crippen LogP contribution in [0.5, 0.6) is 0 Å². The number of benzene rings is 1. The van der Waals surface area contributed by atoms with E-state index in [-0.39, 0.29) is 17.2 Å². The minimum atomic E-state index is -0.542. The zero-order valence-corrected chi connectivity index (χ0v) is 12.7. The Morgan fingerprint density at radius 3 is 2.76 bits per heavy atom. The number of hydrogen-bond donors (Lipinski definition) is 3. The van der Waals surface area contributed by atoms with Gasteiger partial charge >= 0.3 is 0 Å². The van der Waals surface area contributed by atoms with Crippen molar-refractivity contribution in [3.05, 3.63) is 33.9 Å². The summed E-state index contributed by atoms with van der Waals surface area (Å²) in [6.45, 7) is 0.542. The minimum absolute atomic E-state index is 0.140. The molecule has 0 fully saturated rings. The largest absolute Gasteiger partial charge is 0.352 e. The molecule has 0 atom stereocenters. The van der Waals surface area contributed by atoms with Crippen molar-refractivity contribution in [2.75, 3.05) is 24.0 Å². The quantitative estimate of drug-likeness (QED) is 0.279. The molecule has 4 N–H and O–H groups in total. The van der Waals surface area contributed by atoms with Crippen molar-refractivity contribution in [1.29, 1.82) is 0 Å². The van der Waals surface area contributed by atoms with Gasteiger partial charge in [0.2, 0.25) is 0 Å². The van der Waals surface area contributed by atoms with E-state index in [2.05, 4.69) is 17.0 Å². The monoisotopic (exact) mass is 312 g/mol. The SMILES string of the molecule is CSCCCCCNC(=O)c1cc([N+](=O)[O-])ccc1NN. The summed E-state index contributed by atoms with van der Waals surface area (Å²) in [5.74, 6) is 6.07. The first-order valence-corrected chi connectivity index (χ1v) is 8.01. The molecule has 1 rings (SSSR count). The highest BCUT2D eigenvalue weighted by Gasteiger charge is 2.15. The van der Waals surface area contributed by atoms with E-state index in [0.29, 0.717) is 12.2 Å². The normalized spacial score (nSPS) is 10.2. The van der Waals surface area contributed by atoms with Gasteiger partial charge in [0.05, 0.1) is 16.2 Å². The topological polar surface area (TPSA) is 110 Å². The first kappa shape index (κ1) is 17.3. The number of unbranched alkanes of at least 4 members (excludes halogenated alkanes) is 2. The number of nitrogens with zero attached hydrogens (tertiary/aromatic N) is 1. The first-order valence-electron chi connectivity index (χ1n) is 6.62. The minimum Gasteiger partial charge on any atom is -0.352 e. The number of amides is 1.